The Morgan fingerprint density at radius 1 is 0.971 bits per heavy atom. The third kappa shape index (κ3) is 4.07. The van der Waals surface area contributed by atoms with Gasteiger partial charge in [-0.2, -0.15) is 0 Å². The molecule has 4 aromatic rings. The lowest BCUT2D eigenvalue weighted by atomic mass is 10.1. The summed E-state index contributed by atoms with van der Waals surface area (Å²) in [5, 5.41) is 0. The van der Waals surface area contributed by atoms with E-state index in [4.69, 9.17) is 9.72 Å². The first-order chi connectivity index (χ1) is 16.6. The first kappa shape index (κ1) is 22.2. The average Bonchev–Trinajstić information content (AvgIpc) is 3.41. The Bertz CT molecular complexity index is 1320. The van der Waals surface area contributed by atoms with E-state index in [1.165, 1.54) is 5.56 Å². The second kappa shape index (κ2) is 9.34. The van der Waals surface area contributed by atoms with Crippen LogP contribution in [-0.4, -0.2) is 28.6 Å². The summed E-state index contributed by atoms with van der Waals surface area (Å²) in [6.45, 7) is 8.16. The number of para-hydroxylation sites is 4. The summed E-state index contributed by atoms with van der Waals surface area (Å²) in [4.78, 5) is 20.0. The molecule has 5 rings (SSSR count). The van der Waals surface area contributed by atoms with Crippen molar-refractivity contribution < 1.29 is 9.53 Å². The van der Waals surface area contributed by atoms with Crippen molar-refractivity contribution in [3.05, 3.63) is 89.2 Å². The molecule has 5 heteroatoms. The van der Waals surface area contributed by atoms with Crippen molar-refractivity contribution in [1.82, 2.24) is 9.55 Å². The Kier molecular flexibility index (Phi) is 6.10. The Balaban J connectivity index is 1.43. The highest BCUT2D eigenvalue weighted by Gasteiger charge is 2.35. The molecule has 1 aromatic heterocycles. The largest absolute Gasteiger partial charge is 0.491 e. The van der Waals surface area contributed by atoms with Crippen molar-refractivity contribution in [3.63, 3.8) is 0 Å². The van der Waals surface area contributed by atoms with Gasteiger partial charge in [0.15, 0.2) is 0 Å². The predicted molar refractivity (Wildman–Crippen MR) is 137 cm³/mol. The number of benzene rings is 3. The highest BCUT2D eigenvalue weighted by molar-refractivity contribution is 5.97. The van der Waals surface area contributed by atoms with Gasteiger partial charge in [-0.1, -0.05) is 55.5 Å². The van der Waals surface area contributed by atoms with Crippen LogP contribution in [0.3, 0.4) is 0 Å². The van der Waals surface area contributed by atoms with Crippen molar-refractivity contribution in [2.45, 2.75) is 46.1 Å². The van der Waals surface area contributed by atoms with Crippen molar-refractivity contribution >= 4 is 22.6 Å². The third-order valence-electron chi connectivity index (χ3n) is 6.81. The number of carbonyl (C=O) groups excluding carboxylic acids is 1. The molecule has 1 atom stereocenters. The number of fused-ring (bicyclic) bond motifs is 1. The number of anilines is 1. The molecular weight excluding hydrogens is 422 g/mol. The van der Waals surface area contributed by atoms with Crippen molar-refractivity contribution in [2.24, 2.45) is 0 Å². The Hall–Kier alpha value is -3.60. The summed E-state index contributed by atoms with van der Waals surface area (Å²) in [5.41, 5.74) is 6.56. The smallest absolute Gasteiger partial charge is 0.227 e. The van der Waals surface area contributed by atoms with Crippen LogP contribution in [0, 0.1) is 13.8 Å². The van der Waals surface area contributed by atoms with E-state index in [0.717, 1.165) is 45.8 Å². The number of aryl methyl sites for hydroxylation is 3. The van der Waals surface area contributed by atoms with Crippen LogP contribution in [0.15, 0.2) is 66.7 Å². The van der Waals surface area contributed by atoms with Crippen LogP contribution >= 0.6 is 0 Å². The fourth-order valence-electron chi connectivity index (χ4n) is 5.09. The van der Waals surface area contributed by atoms with Crippen LogP contribution in [-0.2, 0) is 17.8 Å². The number of imidazole rings is 1. The van der Waals surface area contributed by atoms with Crippen LogP contribution in [0.2, 0.25) is 0 Å². The zero-order valence-corrected chi connectivity index (χ0v) is 20.1. The number of amides is 1. The van der Waals surface area contributed by atoms with Gasteiger partial charge < -0.3 is 14.2 Å². The highest BCUT2D eigenvalue weighted by atomic mass is 16.5. The van der Waals surface area contributed by atoms with Gasteiger partial charge in [-0.25, -0.2) is 4.98 Å². The summed E-state index contributed by atoms with van der Waals surface area (Å²) in [5.74, 6) is 2.13. The van der Waals surface area contributed by atoms with E-state index in [9.17, 15) is 4.79 Å². The Morgan fingerprint density at radius 2 is 1.71 bits per heavy atom. The summed E-state index contributed by atoms with van der Waals surface area (Å²) in [6.07, 6.45) is 1.37. The van der Waals surface area contributed by atoms with Crippen LogP contribution < -0.4 is 9.64 Å². The average molecular weight is 454 g/mol. The first-order valence-corrected chi connectivity index (χ1v) is 12.1. The maximum atomic E-state index is 13.1. The van der Waals surface area contributed by atoms with E-state index in [1.807, 2.05) is 35.2 Å². The zero-order valence-electron chi connectivity index (χ0n) is 20.1. The standard InChI is InChI=1S/C29H31N3O2/c1-4-22-12-5-7-14-25(22)32-19-23(18-27(32)33)29-30-24-13-6-8-15-26(24)31(29)16-17-34-28-20(2)10-9-11-21(28)3/h5-15,23H,4,16-19H2,1-3H3. The Morgan fingerprint density at radius 3 is 2.50 bits per heavy atom. The molecule has 2 heterocycles. The molecule has 1 fully saturated rings. The molecule has 1 saturated heterocycles. The third-order valence-corrected chi connectivity index (χ3v) is 6.81. The quantitative estimate of drug-likeness (QED) is 0.354. The van der Waals surface area contributed by atoms with Crippen molar-refractivity contribution in [3.8, 4) is 5.75 Å². The molecule has 0 aliphatic carbocycles. The number of carbonyl (C=O) groups is 1. The lowest BCUT2D eigenvalue weighted by molar-refractivity contribution is -0.117. The number of hydrogen-bond donors (Lipinski definition) is 0. The predicted octanol–water partition coefficient (Wildman–Crippen LogP) is 5.82. The molecule has 0 bridgehead atoms. The topological polar surface area (TPSA) is 47.4 Å². The van der Waals surface area contributed by atoms with Gasteiger partial charge in [-0.3, -0.25) is 4.79 Å². The second-order valence-electron chi connectivity index (χ2n) is 9.07. The SMILES string of the molecule is CCc1ccccc1N1CC(c2nc3ccccc3n2CCOc2c(C)cccc2C)CC1=O. The molecule has 34 heavy (non-hydrogen) atoms. The molecule has 1 aliphatic rings. The van der Waals surface area contributed by atoms with E-state index in [0.29, 0.717) is 26.1 Å². The molecule has 0 spiro atoms. The lowest BCUT2D eigenvalue weighted by Gasteiger charge is -2.20. The summed E-state index contributed by atoms with van der Waals surface area (Å²) >= 11 is 0. The van der Waals surface area contributed by atoms with E-state index in [-0.39, 0.29) is 11.8 Å². The van der Waals surface area contributed by atoms with Gasteiger partial charge in [0.2, 0.25) is 5.91 Å². The maximum Gasteiger partial charge on any atom is 0.227 e. The fourth-order valence-corrected chi connectivity index (χ4v) is 5.09. The molecule has 0 radical (unpaired) electrons. The monoisotopic (exact) mass is 453 g/mol. The van der Waals surface area contributed by atoms with Gasteiger partial charge in [-0.05, 0) is 55.2 Å². The van der Waals surface area contributed by atoms with Gasteiger partial charge in [-0.15, -0.1) is 0 Å². The molecule has 1 amide bonds. The number of nitrogens with zero attached hydrogens (tertiary/aromatic N) is 3. The normalized spacial score (nSPS) is 15.9. The van der Waals surface area contributed by atoms with Gasteiger partial charge in [0.1, 0.15) is 18.2 Å². The minimum Gasteiger partial charge on any atom is -0.491 e. The van der Waals surface area contributed by atoms with Crippen LogP contribution in [0.5, 0.6) is 5.75 Å². The minimum absolute atomic E-state index is 0.0463. The van der Waals surface area contributed by atoms with Gasteiger partial charge in [0.25, 0.3) is 0 Å². The summed E-state index contributed by atoms with van der Waals surface area (Å²) in [6, 6.07) is 22.6. The maximum absolute atomic E-state index is 13.1. The lowest BCUT2D eigenvalue weighted by Crippen LogP contribution is -2.25. The van der Waals surface area contributed by atoms with E-state index >= 15 is 0 Å². The molecule has 3 aromatic carbocycles. The zero-order chi connectivity index (χ0) is 23.7. The van der Waals surface area contributed by atoms with Crippen molar-refractivity contribution in [1.29, 1.82) is 0 Å². The molecular formula is C29H31N3O2. The van der Waals surface area contributed by atoms with Gasteiger partial charge in [0.05, 0.1) is 17.6 Å². The first-order valence-electron chi connectivity index (χ1n) is 12.1. The number of rotatable bonds is 7. The van der Waals surface area contributed by atoms with E-state index in [1.54, 1.807) is 0 Å². The molecule has 1 aliphatic heterocycles. The second-order valence-corrected chi connectivity index (χ2v) is 9.07. The van der Waals surface area contributed by atoms with Crippen LogP contribution in [0.25, 0.3) is 11.0 Å². The molecule has 1 unspecified atom stereocenters. The molecule has 0 N–H and O–H groups in total. The van der Waals surface area contributed by atoms with Crippen LogP contribution in [0.4, 0.5) is 5.69 Å². The number of aromatic nitrogens is 2. The number of ether oxygens (including phenoxy) is 1. The summed E-state index contributed by atoms with van der Waals surface area (Å²) in [7, 11) is 0. The molecule has 174 valence electrons. The molecule has 0 saturated carbocycles. The number of hydrogen-bond acceptors (Lipinski definition) is 3. The van der Waals surface area contributed by atoms with E-state index in [2.05, 4.69) is 61.7 Å². The molecule has 5 nitrogen and oxygen atoms in total. The Labute approximate surface area is 201 Å². The van der Waals surface area contributed by atoms with Crippen molar-refractivity contribution in [2.75, 3.05) is 18.1 Å². The van der Waals surface area contributed by atoms with Gasteiger partial charge in [0, 0.05) is 24.6 Å². The fraction of sp³-hybridized carbons (Fsp3) is 0.310. The van der Waals surface area contributed by atoms with Crippen LogP contribution in [0.1, 0.15) is 41.8 Å². The van der Waals surface area contributed by atoms with Gasteiger partial charge >= 0.3 is 0 Å². The minimum atomic E-state index is 0.0463. The van der Waals surface area contributed by atoms with E-state index < -0.39 is 0 Å². The summed E-state index contributed by atoms with van der Waals surface area (Å²) < 4.78 is 8.47. The highest BCUT2D eigenvalue weighted by Crippen LogP contribution is 2.35.